The number of nitrogens with zero attached hydrogens (tertiary/aromatic N) is 1. The van der Waals surface area contributed by atoms with E-state index in [1.54, 1.807) is 18.2 Å². The molecule has 8 heteroatoms. The number of H-pyrrole nitrogens is 2. The summed E-state index contributed by atoms with van der Waals surface area (Å²) in [6.45, 7) is 0. The molecule has 0 radical (unpaired) electrons. The van der Waals surface area contributed by atoms with Crippen LogP contribution in [0, 0.1) is 0 Å². The molecule has 17 heavy (non-hydrogen) atoms. The first-order valence-electron chi connectivity index (χ1n) is 4.48. The Labute approximate surface area is 105 Å². The Morgan fingerprint density at radius 3 is 2.76 bits per heavy atom. The highest BCUT2D eigenvalue weighted by Gasteiger charge is 2.12. The van der Waals surface area contributed by atoms with Crippen molar-refractivity contribution in [1.82, 2.24) is 15.2 Å². The lowest BCUT2D eigenvalue weighted by Gasteiger charge is -2.05. The Balaban J connectivity index is 2.24. The van der Waals surface area contributed by atoms with Crippen LogP contribution in [0.5, 0.6) is 0 Å². The Bertz CT molecular complexity index is 619. The molecule has 0 aliphatic carbocycles. The van der Waals surface area contributed by atoms with Gasteiger partial charge in [-0.05, 0) is 12.1 Å². The molecule has 6 nitrogen and oxygen atoms in total. The van der Waals surface area contributed by atoms with Gasteiger partial charge in [-0.2, -0.15) is 0 Å². The molecule has 1 aromatic heterocycles. The summed E-state index contributed by atoms with van der Waals surface area (Å²) >= 11 is 11.7. The number of carbonyl (C=O) groups excluding carboxylic acids is 1. The number of anilines is 1. The monoisotopic (exact) mass is 272 g/mol. The number of amides is 1. The van der Waals surface area contributed by atoms with Crippen LogP contribution < -0.4 is 11.0 Å². The van der Waals surface area contributed by atoms with E-state index in [1.807, 2.05) is 0 Å². The fourth-order valence-electron chi connectivity index (χ4n) is 1.16. The lowest BCUT2D eigenvalue weighted by molar-refractivity contribution is 0.101. The second-order valence-corrected chi connectivity index (χ2v) is 3.87. The number of nitrogens with one attached hydrogen (secondary N) is 3. The second-order valence-electron chi connectivity index (χ2n) is 3.08. The van der Waals surface area contributed by atoms with Crippen LogP contribution in [0.3, 0.4) is 0 Å². The summed E-state index contributed by atoms with van der Waals surface area (Å²) in [4.78, 5) is 24.6. The van der Waals surface area contributed by atoms with Crippen LogP contribution in [-0.2, 0) is 0 Å². The molecule has 0 saturated carbocycles. The summed E-state index contributed by atoms with van der Waals surface area (Å²) in [7, 11) is 0. The predicted octanol–water partition coefficient (Wildman–Crippen LogP) is 1.66. The first kappa shape index (κ1) is 11.7. The molecule has 0 spiro atoms. The van der Waals surface area contributed by atoms with Gasteiger partial charge in [0.15, 0.2) is 0 Å². The molecule has 1 heterocycles. The molecule has 2 aromatic rings. The van der Waals surface area contributed by atoms with E-state index in [2.05, 4.69) is 20.5 Å². The van der Waals surface area contributed by atoms with Gasteiger partial charge in [-0.3, -0.25) is 9.78 Å². The molecule has 0 atom stereocenters. The number of benzene rings is 1. The number of aromatic amines is 2. The number of halogens is 2. The average Bonchev–Trinajstić information content (AvgIpc) is 2.72. The topological polar surface area (TPSA) is 90.6 Å². The summed E-state index contributed by atoms with van der Waals surface area (Å²) in [6, 6.07) is 4.81. The average molecular weight is 273 g/mol. The first-order chi connectivity index (χ1) is 8.08. The minimum absolute atomic E-state index is 0.133. The number of hydrogen-bond donors (Lipinski definition) is 3. The molecule has 88 valence electrons. The largest absolute Gasteiger partial charge is 0.341 e. The van der Waals surface area contributed by atoms with E-state index in [0.29, 0.717) is 10.7 Å². The van der Waals surface area contributed by atoms with Crippen molar-refractivity contribution in [3.63, 3.8) is 0 Å². The third kappa shape index (κ3) is 2.48. The Hall–Kier alpha value is -1.79. The van der Waals surface area contributed by atoms with Gasteiger partial charge in [0.25, 0.3) is 5.91 Å². The van der Waals surface area contributed by atoms with Crippen LogP contribution in [0.1, 0.15) is 10.6 Å². The van der Waals surface area contributed by atoms with Crippen LogP contribution in [-0.4, -0.2) is 21.1 Å². The van der Waals surface area contributed by atoms with Crippen LogP contribution >= 0.6 is 23.2 Å². The number of carbonyl (C=O) groups is 1. The molecule has 1 amide bonds. The van der Waals surface area contributed by atoms with Crippen molar-refractivity contribution in [2.75, 3.05) is 5.32 Å². The number of rotatable bonds is 2. The van der Waals surface area contributed by atoms with E-state index < -0.39 is 11.6 Å². The maximum absolute atomic E-state index is 11.6. The molecule has 1 aromatic carbocycles. The van der Waals surface area contributed by atoms with Gasteiger partial charge < -0.3 is 5.32 Å². The van der Waals surface area contributed by atoms with Gasteiger partial charge in [0.1, 0.15) is 0 Å². The fourth-order valence-corrected chi connectivity index (χ4v) is 1.51. The molecule has 0 bridgehead atoms. The fraction of sp³-hybridized carbons (Fsp3) is 0. The zero-order valence-corrected chi connectivity index (χ0v) is 9.76. The van der Waals surface area contributed by atoms with Gasteiger partial charge in [-0.15, -0.1) is 5.10 Å². The zero-order valence-electron chi connectivity index (χ0n) is 8.25. The molecule has 3 N–H and O–H groups in total. The first-order valence-corrected chi connectivity index (χ1v) is 5.23. The third-order valence-corrected chi connectivity index (χ3v) is 2.73. The highest BCUT2D eigenvalue weighted by Crippen LogP contribution is 2.29. The summed E-state index contributed by atoms with van der Waals surface area (Å²) in [6.07, 6.45) is 0. The zero-order chi connectivity index (χ0) is 12.4. The molecular weight excluding hydrogens is 267 g/mol. The van der Waals surface area contributed by atoms with Crippen molar-refractivity contribution >= 4 is 34.8 Å². The quantitative estimate of drug-likeness (QED) is 0.777. The highest BCUT2D eigenvalue weighted by atomic mass is 35.5. The van der Waals surface area contributed by atoms with E-state index in [9.17, 15) is 9.59 Å². The Morgan fingerprint density at radius 1 is 1.35 bits per heavy atom. The molecule has 0 aliphatic heterocycles. The molecule has 0 aliphatic rings. The van der Waals surface area contributed by atoms with Gasteiger partial charge in [-0.1, -0.05) is 29.3 Å². The van der Waals surface area contributed by atoms with Crippen molar-refractivity contribution < 1.29 is 4.79 Å². The molecular formula is C9H6Cl2N4O2. The summed E-state index contributed by atoms with van der Waals surface area (Å²) in [5.74, 6) is -0.724. The van der Waals surface area contributed by atoms with E-state index in [0.717, 1.165) is 0 Å². The van der Waals surface area contributed by atoms with Gasteiger partial charge >= 0.3 is 5.69 Å². The maximum Gasteiger partial charge on any atom is 0.341 e. The number of hydrogen-bond acceptors (Lipinski definition) is 3. The van der Waals surface area contributed by atoms with Crippen molar-refractivity contribution in [3.05, 3.63) is 44.6 Å². The highest BCUT2D eigenvalue weighted by molar-refractivity contribution is 6.44. The summed E-state index contributed by atoms with van der Waals surface area (Å²) < 4.78 is 0. The Morgan fingerprint density at radius 2 is 2.12 bits per heavy atom. The lowest BCUT2D eigenvalue weighted by Crippen LogP contribution is -2.15. The minimum Gasteiger partial charge on any atom is -0.318 e. The van der Waals surface area contributed by atoms with Crippen molar-refractivity contribution in [2.24, 2.45) is 0 Å². The molecule has 2 rings (SSSR count). The van der Waals surface area contributed by atoms with Crippen molar-refractivity contribution in [2.45, 2.75) is 0 Å². The Kier molecular flexibility index (Phi) is 3.16. The van der Waals surface area contributed by atoms with E-state index in [4.69, 9.17) is 23.2 Å². The minimum atomic E-state index is -0.590. The number of aromatic nitrogens is 3. The molecule has 0 unspecified atom stereocenters. The van der Waals surface area contributed by atoms with Crippen LogP contribution in [0.2, 0.25) is 10.0 Å². The van der Waals surface area contributed by atoms with Gasteiger partial charge in [-0.25, -0.2) is 9.89 Å². The van der Waals surface area contributed by atoms with Crippen molar-refractivity contribution in [3.8, 4) is 0 Å². The lowest BCUT2D eigenvalue weighted by atomic mass is 10.3. The van der Waals surface area contributed by atoms with E-state index in [1.165, 1.54) is 0 Å². The summed E-state index contributed by atoms with van der Waals surface area (Å²) in [5, 5.41) is 8.58. The predicted molar refractivity (Wildman–Crippen MR) is 63.6 cm³/mol. The third-order valence-electron chi connectivity index (χ3n) is 1.92. The second kappa shape index (κ2) is 4.60. The normalized spacial score (nSPS) is 10.2. The van der Waals surface area contributed by atoms with Gasteiger partial charge in [0.2, 0.25) is 5.82 Å². The SMILES string of the molecule is O=C(Nc1cccc(Cl)c1Cl)c1n[nH]c(=O)[nH]1. The van der Waals surface area contributed by atoms with E-state index >= 15 is 0 Å². The smallest absolute Gasteiger partial charge is 0.318 e. The van der Waals surface area contributed by atoms with Crippen LogP contribution in [0.15, 0.2) is 23.0 Å². The summed E-state index contributed by atoms with van der Waals surface area (Å²) in [5.41, 5.74) is -0.222. The molecule has 0 saturated heterocycles. The van der Waals surface area contributed by atoms with Crippen LogP contribution in [0.4, 0.5) is 5.69 Å². The molecule has 0 fully saturated rings. The van der Waals surface area contributed by atoms with Gasteiger partial charge in [0.05, 0.1) is 15.7 Å². The van der Waals surface area contributed by atoms with Crippen molar-refractivity contribution in [1.29, 1.82) is 0 Å². The standard InChI is InChI=1S/C9H6Cl2N4O2/c10-4-2-1-3-5(6(4)11)12-8(16)7-13-9(17)15-14-7/h1-3H,(H,12,16)(H2,13,14,15,17). The van der Waals surface area contributed by atoms with Gasteiger partial charge in [0, 0.05) is 0 Å². The maximum atomic E-state index is 11.6. The van der Waals surface area contributed by atoms with E-state index in [-0.39, 0.29) is 10.8 Å². The van der Waals surface area contributed by atoms with Crippen LogP contribution in [0.25, 0.3) is 0 Å².